The number of aromatic nitrogens is 2. The molecule has 0 amide bonds. The summed E-state index contributed by atoms with van der Waals surface area (Å²) in [5.41, 5.74) is 4.45. The van der Waals surface area contributed by atoms with Crippen molar-refractivity contribution in [2.45, 2.75) is 64.4 Å². The minimum absolute atomic E-state index is 0.183. The van der Waals surface area contributed by atoms with Crippen LogP contribution >= 0.6 is 0 Å². The molecule has 1 saturated heterocycles. The molecule has 6 heteroatoms. The number of nitrogens with zero attached hydrogens (tertiary/aromatic N) is 3. The van der Waals surface area contributed by atoms with Gasteiger partial charge in [-0.05, 0) is 70.3 Å². The summed E-state index contributed by atoms with van der Waals surface area (Å²) in [6.45, 7) is 8.60. The summed E-state index contributed by atoms with van der Waals surface area (Å²) in [6, 6.07) is 16.1. The van der Waals surface area contributed by atoms with Crippen molar-refractivity contribution < 1.29 is 14.3 Å². The second-order valence-electron chi connectivity index (χ2n) is 10.7. The van der Waals surface area contributed by atoms with E-state index in [2.05, 4.69) is 47.0 Å². The van der Waals surface area contributed by atoms with Gasteiger partial charge in [0.2, 0.25) is 0 Å². The van der Waals surface area contributed by atoms with Crippen LogP contribution in [0, 0.1) is 0 Å². The van der Waals surface area contributed by atoms with Crippen molar-refractivity contribution in [3.05, 3.63) is 77.2 Å². The number of rotatable bonds is 4. The van der Waals surface area contributed by atoms with E-state index in [0.29, 0.717) is 5.56 Å². The monoisotopic (exact) mass is 473 g/mol. The molecule has 0 N–H and O–H groups in total. The number of likely N-dealkylation sites (tertiary alicyclic amines) is 1. The van der Waals surface area contributed by atoms with Crippen LogP contribution in [0.5, 0.6) is 0 Å². The summed E-state index contributed by atoms with van der Waals surface area (Å²) in [7, 11) is 2.17. The molecule has 2 aromatic carbocycles. The van der Waals surface area contributed by atoms with E-state index >= 15 is 0 Å². The van der Waals surface area contributed by atoms with Gasteiger partial charge >= 0.3 is 5.97 Å². The molecule has 0 radical (unpaired) electrons. The van der Waals surface area contributed by atoms with E-state index in [0.717, 1.165) is 56.0 Å². The van der Waals surface area contributed by atoms with Crippen LogP contribution in [0.25, 0.3) is 11.3 Å². The highest BCUT2D eigenvalue weighted by Gasteiger charge is 2.30. The topological polar surface area (TPSA) is 56.6 Å². The van der Waals surface area contributed by atoms with Gasteiger partial charge in [-0.25, -0.2) is 9.78 Å². The van der Waals surface area contributed by atoms with E-state index in [-0.39, 0.29) is 18.2 Å². The molecule has 3 aromatic rings. The molecule has 2 aliphatic heterocycles. The van der Waals surface area contributed by atoms with Crippen molar-refractivity contribution in [3.8, 4) is 11.3 Å². The molecule has 1 unspecified atom stereocenters. The number of hydrogen-bond acceptors (Lipinski definition) is 5. The normalized spacial score (nSPS) is 19.0. The number of piperidine rings is 1. The van der Waals surface area contributed by atoms with Crippen LogP contribution in [0.15, 0.2) is 54.7 Å². The highest BCUT2D eigenvalue weighted by atomic mass is 16.6. The number of imidazole rings is 1. The van der Waals surface area contributed by atoms with Gasteiger partial charge in [0.05, 0.1) is 17.4 Å². The van der Waals surface area contributed by atoms with Gasteiger partial charge in [0.25, 0.3) is 0 Å². The van der Waals surface area contributed by atoms with Gasteiger partial charge in [-0.2, -0.15) is 0 Å². The van der Waals surface area contributed by atoms with Crippen molar-refractivity contribution >= 4 is 5.97 Å². The molecular weight excluding hydrogens is 438 g/mol. The fraction of sp³-hybridized carbons (Fsp3) is 0.448. The number of benzene rings is 2. The molecule has 0 saturated carbocycles. The van der Waals surface area contributed by atoms with Crippen LogP contribution in [0.4, 0.5) is 0 Å². The predicted molar refractivity (Wildman–Crippen MR) is 136 cm³/mol. The van der Waals surface area contributed by atoms with Crippen LogP contribution in [-0.2, 0) is 22.4 Å². The molecule has 184 valence electrons. The number of ether oxygens (including phenoxy) is 2. The Morgan fingerprint density at radius 2 is 1.71 bits per heavy atom. The van der Waals surface area contributed by atoms with Gasteiger partial charge in [0, 0.05) is 31.4 Å². The maximum absolute atomic E-state index is 12.4. The Bertz CT molecular complexity index is 1180. The molecule has 1 fully saturated rings. The fourth-order valence-electron chi connectivity index (χ4n) is 4.92. The first-order valence-electron chi connectivity index (χ1n) is 12.6. The third-order valence-corrected chi connectivity index (χ3v) is 6.81. The van der Waals surface area contributed by atoms with Crippen LogP contribution in [0.3, 0.4) is 0 Å². The zero-order chi connectivity index (χ0) is 24.6. The molecule has 0 bridgehead atoms. The first kappa shape index (κ1) is 23.8. The molecule has 5 rings (SSSR count). The van der Waals surface area contributed by atoms with Gasteiger partial charge < -0.3 is 18.9 Å². The third-order valence-electron chi connectivity index (χ3n) is 6.81. The fourth-order valence-corrected chi connectivity index (χ4v) is 4.92. The van der Waals surface area contributed by atoms with E-state index in [1.807, 2.05) is 45.0 Å². The quantitative estimate of drug-likeness (QED) is 0.484. The lowest BCUT2D eigenvalue weighted by Gasteiger charge is -2.32. The number of carbonyl (C=O) groups is 1. The molecular formula is C29H35N3O3. The zero-order valence-electron chi connectivity index (χ0n) is 21.2. The molecule has 0 spiro atoms. The standard InChI is InChI=1S/C29H35N3O3/c1-29(2,3)35-28(33)22-11-9-21(10-12-22)25-19-32-18-13-20-7-5-6-8-24(20)26(27(32)30-25)34-23-14-16-31(4)17-15-23/h5-12,19,23,26H,13-18H2,1-4H3. The minimum atomic E-state index is -0.518. The van der Waals surface area contributed by atoms with Gasteiger partial charge in [-0.3, -0.25) is 0 Å². The Morgan fingerprint density at radius 3 is 2.43 bits per heavy atom. The highest BCUT2D eigenvalue weighted by Crippen LogP contribution is 2.36. The predicted octanol–water partition coefficient (Wildman–Crippen LogP) is 5.26. The first-order valence-corrected chi connectivity index (χ1v) is 12.6. The summed E-state index contributed by atoms with van der Waals surface area (Å²) in [6.07, 6.45) is 5.18. The summed E-state index contributed by atoms with van der Waals surface area (Å²) in [5, 5.41) is 0. The average Bonchev–Trinajstić information content (AvgIpc) is 3.20. The number of hydrogen-bond donors (Lipinski definition) is 0. The number of aryl methyl sites for hydroxylation is 2. The first-order chi connectivity index (χ1) is 16.8. The van der Waals surface area contributed by atoms with E-state index in [1.54, 1.807) is 0 Å². The average molecular weight is 474 g/mol. The Labute approximate surface area is 207 Å². The smallest absolute Gasteiger partial charge is 0.338 e. The summed E-state index contributed by atoms with van der Waals surface area (Å²) in [4.78, 5) is 19.9. The maximum Gasteiger partial charge on any atom is 0.338 e. The van der Waals surface area contributed by atoms with Crippen LogP contribution in [0.2, 0.25) is 0 Å². The third kappa shape index (κ3) is 5.34. The highest BCUT2D eigenvalue weighted by molar-refractivity contribution is 5.90. The largest absolute Gasteiger partial charge is 0.456 e. The second kappa shape index (κ2) is 9.59. The zero-order valence-corrected chi connectivity index (χ0v) is 21.2. The van der Waals surface area contributed by atoms with Crippen molar-refractivity contribution in [2.24, 2.45) is 0 Å². The van der Waals surface area contributed by atoms with E-state index in [1.165, 1.54) is 11.1 Å². The Balaban J connectivity index is 1.44. The van der Waals surface area contributed by atoms with E-state index in [4.69, 9.17) is 14.5 Å². The number of carbonyl (C=O) groups excluding carboxylic acids is 1. The van der Waals surface area contributed by atoms with Gasteiger partial charge in [0.15, 0.2) is 0 Å². The molecule has 35 heavy (non-hydrogen) atoms. The molecule has 6 nitrogen and oxygen atoms in total. The van der Waals surface area contributed by atoms with Crippen molar-refractivity contribution in [1.82, 2.24) is 14.5 Å². The lowest BCUT2D eigenvalue weighted by Crippen LogP contribution is -2.35. The van der Waals surface area contributed by atoms with E-state index in [9.17, 15) is 4.79 Å². The molecule has 1 atom stereocenters. The molecule has 1 aromatic heterocycles. The SMILES string of the molecule is CN1CCC(OC2c3ccccc3CCn3cc(-c4ccc(C(=O)OC(C)(C)C)cc4)nc32)CC1. The number of fused-ring (bicyclic) bond motifs is 2. The summed E-state index contributed by atoms with van der Waals surface area (Å²) < 4.78 is 14.5. The van der Waals surface area contributed by atoms with Crippen LogP contribution < -0.4 is 0 Å². The van der Waals surface area contributed by atoms with Crippen LogP contribution in [-0.4, -0.2) is 52.3 Å². The van der Waals surface area contributed by atoms with Crippen molar-refractivity contribution in [3.63, 3.8) is 0 Å². The molecule has 2 aliphatic rings. The summed E-state index contributed by atoms with van der Waals surface area (Å²) in [5.74, 6) is 0.646. The Morgan fingerprint density at radius 1 is 1.00 bits per heavy atom. The van der Waals surface area contributed by atoms with Crippen molar-refractivity contribution in [1.29, 1.82) is 0 Å². The van der Waals surface area contributed by atoms with Crippen molar-refractivity contribution in [2.75, 3.05) is 20.1 Å². The van der Waals surface area contributed by atoms with Crippen LogP contribution in [0.1, 0.15) is 67.0 Å². The number of esters is 1. The van der Waals surface area contributed by atoms with E-state index < -0.39 is 5.60 Å². The summed E-state index contributed by atoms with van der Waals surface area (Å²) >= 11 is 0. The molecule has 0 aliphatic carbocycles. The van der Waals surface area contributed by atoms with Gasteiger partial charge in [-0.1, -0.05) is 36.4 Å². The lowest BCUT2D eigenvalue weighted by molar-refractivity contribution is -0.0275. The maximum atomic E-state index is 12.4. The van der Waals surface area contributed by atoms with Gasteiger partial charge in [0.1, 0.15) is 17.5 Å². The van der Waals surface area contributed by atoms with Gasteiger partial charge in [-0.15, -0.1) is 0 Å². The Hall–Kier alpha value is -2.96. The molecule has 3 heterocycles. The Kier molecular flexibility index (Phi) is 6.51. The minimum Gasteiger partial charge on any atom is -0.456 e. The second-order valence-corrected chi connectivity index (χ2v) is 10.7. The lowest BCUT2D eigenvalue weighted by atomic mass is 10.00.